The van der Waals surface area contributed by atoms with Crippen molar-refractivity contribution in [3.63, 3.8) is 0 Å². The van der Waals surface area contributed by atoms with Gasteiger partial charge in [0.1, 0.15) is 0 Å². The fourth-order valence-electron chi connectivity index (χ4n) is 2.06. The molecule has 3 nitrogen and oxygen atoms in total. The second kappa shape index (κ2) is 5.71. The average Bonchev–Trinajstić information content (AvgIpc) is 2.56. The number of sulfonamides is 1. The summed E-state index contributed by atoms with van der Waals surface area (Å²) in [4.78, 5) is 0. The molecule has 1 aliphatic carbocycles. The van der Waals surface area contributed by atoms with E-state index in [4.69, 9.17) is 0 Å². The highest BCUT2D eigenvalue weighted by Crippen LogP contribution is 2.26. The largest absolute Gasteiger partial charge is 0.215 e. The Hall–Kier alpha value is -0.0900. The number of hydrogen-bond donors (Lipinski definition) is 1. The molecule has 0 amide bonds. The van der Waals surface area contributed by atoms with Gasteiger partial charge in [-0.3, -0.25) is 0 Å². The maximum Gasteiger partial charge on any atom is 0.211 e. The third-order valence-corrected chi connectivity index (χ3v) is 4.41. The van der Waals surface area contributed by atoms with Crippen molar-refractivity contribution in [1.82, 2.24) is 4.72 Å². The van der Waals surface area contributed by atoms with E-state index in [1.54, 1.807) is 0 Å². The summed E-state index contributed by atoms with van der Waals surface area (Å²) in [6.45, 7) is 2.52. The Kier molecular flexibility index (Phi) is 4.89. The van der Waals surface area contributed by atoms with Crippen LogP contribution in [0.1, 0.15) is 45.4 Å². The van der Waals surface area contributed by atoms with Crippen LogP contribution in [0, 0.1) is 5.92 Å². The molecule has 0 aliphatic heterocycles. The number of hydrogen-bond acceptors (Lipinski definition) is 2. The molecule has 0 bridgehead atoms. The standard InChI is InChI=1S/C10H21NO2S/c1-2-9-14(12,13)11-8-7-10-5-3-4-6-10/h10-11H,2-9H2,1H3. The summed E-state index contributed by atoms with van der Waals surface area (Å²) in [7, 11) is -2.97. The van der Waals surface area contributed by atoms with Crippen molar-refractivity contribution >= 4 is 10.0 Å². The molecule has 1 saturated carbocycles. The molecular formula is C10H21NO2S. The molecule has 0 aromatic carbocycles. The van der Waals surface area contributed by atoms with Gasteiger partial charge < -0.3 is 0 Å². The molecular weight excluding hydrogens is 198 g/mol. The van der Waals surface area contributed by atoms with Crippen LogP contribution in [-0.4, -0.2) is 20.7 Å². The summed E-state index contributed by atoms with van der Waals surface area (Å²) in [5.74, 6) is 1.02. The molecule has 0 atom stereocenters. The molecule has 0 spiro atoms. The van der Waals surface area contributed by atoms with E-state index < -0.39 is 10.0 Å². The van der Waals surface area contributed by atoms with Crippen LogP contribution in [0.4, 0.5) is 0 Å². The molecule has 1 fully saturated rings. The summed E-state index contributed by atoms with van der Waals surface area (Å²) >= 11 is 0. The monoisotopic (exact) mass is 219 g/mol. The van der Waals surface area contributed by atoms with Gasteiger partial charge in [0.25, 0.3) is 0 Å². The second-order valence-electron chi connectivity index (χ2n) is 4.15. The normalized spacial score (nSPS) is 18.9. The predicted molar refractivity (Wildman–Crippen MR) is 58.7 cm³/mol. The molecule has 4 heteroatoms. The first-order valence-electron chi connectivity index (χ1n) is 5.61. The highest BCUT2D eigenvalue weighted by molar-refractivity contribution is 7.89. The zero-order chi connectivity index (χ0) is 10.4. The molecule has 1 aliphatic rings. The van der Waals surface area contributed by atoms with E-state index >= 15 is 0 Å². The van der Waals surface area contributed by atoms with Crippen molar-refractivity contribution in [2.45, 2.75) is 45.4 Å². The summed E-state index contributed by atoms with van der Waals surface area (Å²) in [5, 5.41) is 0. The van der Waals surface area contributed by atoms with Gasteiger partial charge in [0, 0.05) is 6.54 Å². The highest BCUT2D eigenvalue weighted by atomic mass is 32.2. The minimum absolute atomic E-state index is 0.262. The third-order valence-electron chi connectivity index (χ3n) is 2.82. The Morgan fingerprint density at radius 3 is 2.50 bits per heavy atom. The first-order valence-corrected chi connectivity index (χ1v) is 7.26. The maximum atomic E-state index is 11.3. The molecule has 1 N–H and O–H groups in total. The van der Waals surface area contributed by atoms with Crippen LogP contribution in [0.25, 0.3) is 0 Å². The van der Waals surface area contributed by atoms with E-state index in [-0.39, 0.29) is 5.75 Å². The molecule has 0 heterocycles. The number of rotatable bonds is 6. The topological polar surface area (TPSA) is 46.2 Å². The fraction of sp³-hybridized carbons (Fsp3) is 1.00. The maximum absolute atomic E-state index is 11.3. The summed E-state index contributed by atoms with van der Waals surface area (Å²) in [6.07, 6.45) is 6.94. The first-order chi connectivity index (χ1) is 6.64. The zero-order valence-corrected chi connectivity index (χ0v) is 9.78. The van der Waals surface area contributed by atoms with Crippen LogP contribution >= 0.6 is 0 Å². The van der Waals surface area contributed by atoms with E-state index in [1.807, 2.05) is 6.92 Å². The smallest absolute Gasteiger partial charge is 0.211 e. The van der Waals surface area contributed by atoms with Crippen LogP contribution in [0.3, 0.4) is 0 Å². The van der Waals surface area contributed by atoms with Crippen molar-refractivity contribution in [3.05, 3.63) is 0 Å². The van der Waals surface area contributed by atoms with E-state index in [2.05, 4.69) is 4.72 Å². The Labute approximate surface area is 87.3 Å². The summed E-state index contributed by atoms with van der Waals surface area (Å²) in [5.41, 5.74) is 0. The zero-order valence-electron chi connectivity index (χ0n) is 8.96. The van der Waals surface area contributed by atoms with Gasteiger partial charge in [0.15, 0.2) is 0 Å². The Balaban J connectivity index is 2.13. The van der Waals surface area contributed by atoms with Gasteiger partial charge in [0.05, 0.1) is 5.75 Å². The lowest BCUT2D eigenvalue weighted by molar-refractivity contribution is 0.495. The van der Waals surface area contributed by atoms with E-state index in [0.29, 0.717) is 13.0 Å². The summed E-state index contributed by atoms with van der Waals surface area (Å²) < 4.78 is 25.2. The second-order valence-corrected chi connectivity index (χ2v) is 6.08. The molecule has 84 valence electrons. The average molecular weight is 219 g/mol. The Morgan fingerprint density at radius 2 is 1.93 bits per heavy atom. The van der Waals surface area contributed by atoms with Gasteiger partial charge in [-0.1, -0.05) is 32.6 Å². The van der Waals surface area contributed by atoms with E-state index in [1.165, 1.54) is 25.7 Å². The molecule has 0 aromatic heterocycles. The molecule has 14 heavy (non-hydrogen) atoms. The lowest BCUT2D eigenvalue weighted by Crippen LogP contribution is -2.28. The minimum Gasteiger partial charge on any atom is -0.215 e. The Morgan fingerprint density at radius 1 is 1.29 bits per heavy atom. The van der Waals surface area contributed by atoms with Gasteiger partial charge in [0.2, 0.25) is 10.0 Å². The minimum atomic E-state index is -2.97. The molecule has 0 radical (unpaired) electrons. The van der Waals surface area contributed by atoms with E-state index in [9.17, 15) is 8.42 Å². The van der Waals surface area contributed by atoms with Crippen molar-refractivity contribution < 1.29 is 8.42 Å². The van der Waals surface area contributed by atoms with Gasteiger partial charge in [-0.2, -0.15) is 0 Å². The van der Waals surface area contributed by atoms with Gasteiger partial charge in [-0.25, -0.2) is 13.1 Å². The number of nitrogens with one attached hydrogen (secondary N) is 1. The van der Waals surface area contributed by atoms with Crippen molar-refractivity contribution in [3.8, 4) is 0 Å². The molecule has 0 unspecified atom stereocenters. The molecule has 0 saturated heterocycles. The molecule has 0 aromatic rings. The Bertz CT molecular complexity index is 243. The summed E-state index contributed by atoms with van der Waals surface area (Å²) in [6, 6.07) is 0. The van der Waals surface area contributed by atoms with Crippen LogP contribution in [0.15, 0.2) is 0 Å². The van der Waals surface area contributed by atoms with Gasteiger partial charge in [-0.05, 0) is 18.8 Å². The van der Waals surface area contributed by atoms with Crippen LogP contribution in [0.2, 0.25) is 0 Å². The van der Waals surface area contributed by atoms with Gasteiger partial charge >= 0.3 is 0 Å². The van der Waals surface area contributed by atoms with Crippen LogP contribution in [0.5, 0.6) is 0 Å². The first kappa shape index (κ1) is 12.0. The van der Waals surface area contributed by atoms with Crippen molar-refractivity contribution in [2.75, 3.05) is 12.3 Å². The van der Waals surface area contributed by atoms with Gasteiger partial charge in [-0.15, -0.1) is 0 Å². The third kappa shape index (κ3) is 4.42. The lowest BCUT2D eigenvalue weighted by Gasteiger charge is -2.09. The van der Waals surface area contributed by atoms with E-state index in [0.717, 1.165) is 12.3 Å². The van der Waals surface area contributed by atoms with Crippen LogP contribution < -0.4 is 4.72 Å². The van der Waals surface area contributed by atoms with Crippen molar-refractivity contribution in [1.29, 1.82) is 0 Å². The fourth-order valence-corrected chi connectivity index (χ4v) is 3.17. The highest BCUT2D eigenvalue weighted by Gasteiger charge is 2.15. The quantitative estimate of drug-likeness (QED) is 0.741. The van der Waals surface area contributed by atoms with Crippen molar-refractivity contribution in [2.24, 2.45) is 5.92 Å². The predicted octanol–water partition coefficient (Wildman–Crippen LogP) is 1.90. The lowest BCUT2D eigenvalue weighted by atomic mass is 10.1. The molecule has 1 rings (SSSR count). The SMILES string of the molecule is CCCS(=O)(=O)NCCC1CCCC1. The van der Waals surface area contributed by atoms with Crippen LogP contribution in [-0.2, 0) is 10.0 Å².